The van der Waals surface area contributed by atoms with E-state index in [0.29, 0.717) is 20.7 Å². The minimum atomic E-state index is -3.39. The molecule has 1 aliphatic rings. The molecule has 0 radical (unpaired) electrons. The highest BCUT2D eigenvalue weighted by Crippen LogP contribution is 2.24. The van der Waals surface area contributed by atoms with Crippen LogP contribution in [-0.4, -0.2) is 37.0 Å². The monoisotopic (exact) mass is 467 g/mol. The molecule has 1 fully saturated rings. The molecule has 0 bridgehead atoms. The van der Waals surface area contributed by atoms with Gasteiger partial charge in [0.15, 0.2) is 14.6 Å². The average Bonchev–Trinajstić information content (AvgIpc) is 3.26. The summed E-state index contributed by atoms with van der Waals surface area (Å²) in [4.78, 5) is 42.3. The van der Waals surface area contributed by atoms with Gasteiger partial charge in [-0.25, -0.2) is 8.42 Å². The van der Waals surface area contributed by atoms with Crippen molar-refractivity contribution in [1.82, 2.24) is 4.57 Å². The number of nitrogens with zero attached hydrogens (tertiary/aromatic N) is 3. The molecule has 10 heteroatoms. The van der Waals surface area contributed by atoms with Crippen LogP contribution in [0.25, 0.3) is 10.2 Å². The molecule has 0 saturated carbocycles. The maximum Gasteiger partial charge on any atom is 0.279 e. The van der Waals surface area contributed by atoms with Crippen molar-refractivity contribution < 1.29 is 22.8 Å². The van der Waals surface area contributed by atoms with Crippen LogP contribution < -0.4 is 9.70 Å². The van der Waals surface area contributed by atoms with Crippen molar-refractivity contribution in [1.29, 1.82) is 0 Å². The minimum Gasteiger partial charge on any atom is -0.305 e. The van der Waals surface area contributed by atoms with Crippen LogP contribution in [0, 0.1) is 12.3 Å². The first-order chi connectivity index (χ1) is 15.2. The highest BCUT2D eigenvalue weighted by Gasteiger charge is 2.30. The van der Waals surface area contributed by atoms with E-state index in [1.807, 2.05) is 0 Å². The highest BCUT2D eigenvalue weighted by molar-refractivity contribution is 7.90. The van der Waals surface area contributed by atoms with Crippen molar-refractivity contribution in [2.45, 2.75) is 24.3 Å². The number of amides is 3. The van der Waals surface area contributed by atoms with E-state index in [1.54, 1.807) is 10.6 Å². The molecule has 0 spiro atoms. The van der Waals surface area contributed by atoms with Crippen molar-refractivity contribution >= 4 is 54.8 Å². The summed E-state index contributed by atoms with van der Waals surface area (Å²) in [5.74, 6) is 1.45. The number of thiazole rings is 1. The molecule has 2 aromatic carbocycles. The molecule has 8 nitrogen and oxygen atoms in total. The Morgan fingerprint density at radius 1 is 1.12 bits per heavy atom. The first-order valence-electron chi connectivity index (χ1n) is 9.51. The Balaban J connectivity index is 1.72. The van der Waals surface area contributed by atoms with Crippen molar-refractivity contribution in [3.8, 4) is 12.3 Å². The maximum atomic E-state index is 12.8. The van der Waals surface area contributed by atoms with Crippen LogP contribution in [0.5, 0.6) is 0 Å². The molecule has 3 amide bonds. The van der Waals surface area contributed by atoms with Crippen LogP contribution in [-0.2, 0) is 26.0 Å². The van der Waals surface area contributed by atoms with E-state index in [0.717, 1.165) is 22.5 Å². The third-order valence-corrected chi connectivity index (χ3v) is 7.10. The molecule has 0 N–H and O–H groups in total. The summed E-state index contributed by atoms with van der Waals surface area (Å²) in [7, 11) is -3.39. The van der Waals surface area contributed by atoms with Crippen LogP contribution in [0.1, 0.15) is 23.2 Å². The fraction of sp³-hybridized carbons (Fsp3) is 0.182. The van der Waals surface area contributed by atoms with E-state index in [1.165, 1.54) is 36.4 Å². The molecule has 3 aromatic rings. The summed E-state index contributed by atoms with van der Waals surface area (Å²) >= 11 is 1.16. The molecular weight excluding hydrogens is 450 g/mol. The van der Waals surface area contributed by atoms with Crippen LogP contribution >= 0.6 is 11.3 Å². The van der Waals surface area contributed by atoms with Gasteiger partial charge in [-0.3, -0.25) is 19.3 Å². The molecule has 32 heavy (non-hydrogen) atoms. The molecule has 0 aliphatic carbocycles. The number of anilines is 1. The number of sulfone groups is 1. The molecule has 0 unspecified atom stereocenters. The number of aromatic nitrogens is 1. The van der Waals surface area contributed by atoms with Gasteiger partial charge >= 0.3 is 0 Å². The van der Waals surface area contributed by atoms with Crippen LogP contribution in [0.15, 0.2) is 52.4 Å². The fourth-order valence-corrected chi connectivity index (χ4v) is 5.17. The zero-order valence-corrected chi connectivity index (χ0v) is 18.6. The summed E-state index contributed by atoms with van der Waals surface area (Å²) in [5, 5.41) is 0. The number of fused-ring (bicyclic) bond motifs is 1. The van der Waals surface area contributed by atoms with Gasteiger partial charge in [-0.15, -0.1) is 6.42 Å². The largest absolute Gasteiger partial charge is 0.305 e. The standard InChI is InChI=1S/C22H17N3O5S2/c1-3-12-24-17-9-8-16(32(2,29)30)13-18(17)31-22(24)23-21(28)14-4-6-15(7-5-14)25-19(26)10-11-20(25)27/h1,4-9,13H,10-12H2,2H3. The van der Waals surface area contributed by atoms with Crippen LogP contribution in [0.4, 0.5) is 5.69 Å². The van der Waals surface area contributed by atoms with Crippen LogP contribution in [0.3, 0.4) is 0 Å². The highest BCUT2D eigenvalue weighted by atomic mass is 32.2. The number of imide groups is 1. The third-order valence-electron chi connectivity index (χ3n) is 4.95. The normalized spacial score (nSPS) is 14.9. The maximum absolute atomic E-state index is 12.8. The van der Waals surface area contributed by atoms with Gasteiger partial charge in [0, 0.05) is 24.7 Å². The quantitative estimate of drug-likeness (QED) is 0.432. The zero-order chi connectivity index (χ0) is 23.0. The zero-order valence-electron chi connectivity index (χ0n) is 16.9. The number of terminal acetylenes is 1. The van der Waals surface area contributed by atoms with E-state index < -0.39 is 15.7 Å². The van der Waals surface area contributed by atoms with Gasteiger partial charge in [0.2, 0.25) is 11.8 Å². The Morgan fingerprint density at radius 3 is 2.38 bits per heavy atom. The van der Waals surface area contributed by atoms with E-state index in [9.17, 15) is 22.8 Å². The number of benzene rings is 2. The van der Waals surface area contributed by atoms with Crippen LogP contribution in [0.2, 0.25) is 0 Å². The van der Waals surface area contributed by atoms with Gasteiger partial charge in [-0.1, -0.05) is 17.3 Å². The van der Waals surface area contributed by atoms with Crippen molar-refractivity contribution in [3.05, 3.63) is 52.8 Å². The predicted octanol–water partition coefficient (Wildman–Crippen LogP) is 2.13. The second-order valence-corrected chi connectivity index (χ2v) is 10.2. The van der Waals surface area contributed by atoms with Crippen molar-refractivity contribution in [3.63, 3.8) is 0 Å². The Morgan fingerprint density at radius 2 is 1.78 bits per heavy atom. The summed E-state index contributed by atoms with van der Waals surface area (Å²) < 4.78 is 26.0. The van der Waals surface area contributed by atoms with E-state index in [2.05, 4.69) is 10.9 Å². The van der Waals surface area contributed by atoms with Gasteiger partial charge in [0.25, 0.3) is 5.91 Å². The lowest BCUT2D eigenvalue weighted by Crippen LogP contribution is -2.28. The summed E-state index contributed by atoms with van der Waals surface area (Å²) in [5.41, 5.74) is 1.36. The number of rotatable bonds is 4. The molecule has 162 valence electrons. The molecule has 1 saturated heterocycles. The number of carbonyl (C=O) groups is 3. The average molecular weight is 468 g/mol. The smallest absolute Gasteiger partial charge is 0.279 e. The van der Waals surface area contributed by atoms with Gasteiger partial charge in [0.05, 0.1) is 27.3 Å². The first-order valence-corrected chi connectivity index (χ1v) is 12.2. The fourth-order valence-electron chi connectivity index (χ4n) is 3.38. The summed E-state index contributed by atoms with van der Waals surface area (Å²) in [6.07, 6.45) is 6.95. The Bertz CT molecular complexity index is 1470. The van der Waals surface area contributed by atoms with Crippen molar-refractivity contribution in [2.75, 3.05) is 11.2 Å². The third kappa shape index (κ3) is 4.00. The van der Waals surface area contributed by atoms with Gasteiger partial charge in [0.1, 0.15) is 0 Å². The lowest BCUT2D eigenvalue weighted by atomic mass is 10.2. The lowest BCUT2D eigenvalue weighted by Gasteiger charge is -2.13. The molecule has 0 atom stereocenters. The van der Waals surface area contributed by atoms with Gasteiger partial charge in [-0.05, 0) is 42.5 Å². The SMILES string of the molecule is C#CCn1c(=NC(=O)c2ccc(N3C(=O)CCC3=O)cc2)sc2cc(S(C)(=O)=O)ccc21. The van der Waals surface area contributed by atoms with E-state index >= 15 is 0 Å². The second kappa shape index (κ2) is 8.18. The molecule has 1 aromatic heterocycles. The Hall–Kier alpha value is -3.55. The molecular formula is C22H17N3O5S2. The van der Waals surface area contributed by atoms with Gasteiger partial charge in [-0.2, -0.15) is 4.99 Å². The molecule has 2 heterocycles. The lowest BCUT2D eigenvalue weighted by molar-refractivity contribution is -0.121. The summed E-state index contributed by atoms with van der Waals surface area (Å²) in [6, 6.07) is 10.7. The van der Waals surface area contributed by atoms with Gasteiger partial charge < -0.3 is 4.57 Å². The Labute approximate surface area is 187 Å². The second-order valence-electron chi connectivity index (χ2n) is 7.16. The van der Waals surface area contributed by atoms with Crippen molar-refractivity contribution in [2.24, 2.45) is 4.99 Å². The van der Waals surface area contributed by atoms with E-state index in [4.69, 9.17) is 6.42 Å². The number of hydrogen-bond donors (Lipinski definition) is 0. The van der Waals surface area contributed by atoms with E-state index in [-0.39, 0.29) is 41.7 Å². The Kier molecular flexibility index (Phi) is 5.54. The molecule has 1 aliphatic heterocycles. The summed E-state index contributed by atoms with van der Waals surface area (Å²) in [6.45, 7) is 0.155. The topological polar surface area (TPSA) is 106 Å². The first kappa shape index (κ1) is 21.7. The number of hydrogen-bond acceptors (Lipinski definition) is 6. The number of carbonyl (C=O) groups excluding carboxylic acids is 3. The predicted molar refractivity (Wildman–Crippen MR) is 120 cm³/mol. The molecule has 4 rings (SSSR count). The minimum absolute atomic E-state index is 0.155.